The lowest BCUT2D eigenvalue weighted by atomic mass is 9.98. The van der Waals surface area contributed by atoms with Gasteiger partial charge in [-0.3, -0.25) is 0 Å². The summed E-state index contributed by atoms with van der Waals surface area (Å²) in [5.41, 5.74) is 0. The fourth-order valence-corrected chi connectivity index (χ4v) is 3.77. The summed E-state index contributed by atoms with van der Waals surface area (Å²) in [6, 6.07) is 0.561. The van der Waals surface area contributed by atoms with Gasteiger partial charge in [-0.05, 0) is 58.4 Å². The highest BCUT2D eigenvalue weighted by Crippen LogP contribution is 2.29. The minimum atomic E-state index is 0.345. The standard InChI is InChI=1S/C17H33NO2/c1-4-9-18-17(15-7-5-6-8-15)12-19-16-10-13(2)20-14(3)11-16/h13-18H,4-12H2,1-3H3. The van der Waals surface area contributed by atoms with Crippen LogP contribution in [0.5, 0.6) is 0 Å². The molecule has 3 nitrogen and oxygen atoms in total. The number of hydrogen-bond acceptors (Lipinski definition) is 3. The summed E-state index contributed by atoms with van der Waals surface area (Å²) in [6.07, 6.45) is 9.95. The monoisotopic (exact) mass is 283 g/mol. The van der Waals surface area contributed by atoms with Gasteiger partial charge in [-0.1, -0.05) is 19.8 Å². The molecule has 0 aromatic carbocycles. The molecule has 0 bridgehead atoms. The van der Waals surface area contributed by atoms with E-state index in [2.05, 4.69) is 26.1 Å². The Hall–Kier alpha value is -0.120. The average Bonchev–Trinajstić information content (AvgIpc) is 2.91. The minimum absolute atomic E-state index is 0.345. The van der Waals surface area contributed by atoms with Gasteiger partial charge in [0.15, 0.2) is 0 Å². The third kappa shape index (κ3) is 5.01. The second-order valence-electron chi connectivity index (χ2n) is 6.79. The van der Waals surface area contributed by atoms with E-state index in [0.717, 1.165) is 31.9 Å². The SMILES string of the molecule is CCCNC(COC1CC(C)OC(C)C1)C1CCCC1. The first-order valence-electron chi connectivity index (χ1n) is 8.69. The zero-order valence-electron chi connectivity index (χ0n) is 13.6. The van der Waals surface area contributed by atoms with Crippen LogP contribution in [0.3, 0.4) is 0 Å². The van der Waals surface area contributed by atoms with Crippen LogP contribution in [0.2, 0.25) is 0 Å². The molecule has 3 unspecified atom stereocenters. The summed E-state index contributed by atoms with van der Waals surface area (Å²) in [5.74, 6) is 0.830. The highest BCUT2D eigenvalue weighted by atomic mass is 16.5. The number of nitrogens with one attached hydrogen (secondary N) is 1. The van der Waals surface area contributed by atoms with Crippen molar-refractivity contribution in [3.63, 3.8) is 0 Å². The lowest BCUT2D eigenvalue weighted by Gasteiger charge is -2.34. The van der Waals surface area contributed by atoms with Crippen molar-refractivity contribution in [3.8, 4) is 0 Å². The van der Waals surface area contributed by atoms with Crippen molar-refractivity contribution in [1.82, 2.24) is 5.32 Å². The number of hydrogen-bond donors (Lipinski definition) is 1. The first-order chi connectivity index (χ1) is 9.69. The predicted molar refractivity (Wildman–Crippen MR) is 83.0 cm³/mol. The van der Waals surface area contributed by atoms with Crippen molar-refractivity contribution in [2.24, 2.45) is 5.92 Å². The first kappa shape index (κ1) is 16.3. The predicted octanol–water partition coefficient (Wildman–Crippen LogP) is 3.52. The molecule has 1 heterocycles. The maximum Gasteiger partial charge on any atom is 0.0626 e. The molecule has 0 spiro atoms. The second kappa shape index (κ2) is 8.35. The average molecular weight is 283 g/mol. The minimum Gasteiger partial charge on any atom is -0.376 e. The Labute approximate surface area is 124 Å². The fourth-order valence-electron chi connectivity index (χ4n) is 3.77. The van der Waals surface area contributed by atoms with Crippen molar-refractivity contribution in [2.45, 2.75) is 90.1 Å². The summed E-state index contributed by atoms with van der Waals surface area (Å²) in [7, 11) is 0. The van der Waals surface area contributed by atoms with E-state index in [0.29, 0.717) is 24.4 Å². The summed E-state index contributed by atoms with van der Waals surface area (Å²) >= 11 is 0. The lowest BCUT2D eigenvalue weighted by molar-refractivity contribution is -0.106. The Morgan fingerprint density at radius 2 is 1.80 bits per heavy atom. The molecule has 1 saturated carbocycles. The van der Waals surface area contributed by atoms with Crippen LogP contribution in [-0.2, 0) is 9.47 Å². The van der Waals surface area contributed by atoms with Crippen molar-refractivity contribution < 1.29 is 9.47 Å². The first-order valence-corrected chi connectivity index (χ1v) is 8.69. The molecule has 2 aliphatic rings. The quantitative estimate of drug-likeness (QED) is 0.775. The molecule has 3 atom stereocenters. The van der Waals surface area contributed by atoms with E-state index in [1.165, 1.54) is 32.1 Å². The van der Waals surface area contributed by atoms with Crippen molar-refractivity contribution in [3.05, 3.63) is 0 Å². The van der Waals surface area contributed by atoms with Gasteiger partial charge in [0.2, 0.25) is 0 Å². The van der Waals surface area contributed by atoms with Crippen LogP contribution in [0.25, 0.3) is 0 Å². The van der Waals surface area contributed by atoms with Crippen LogP contribution in [-0.4, -0.2) is 37.5 Å². The smallest absolute Gasteiger partial charge is 0.0626 e. The van der Waals surface area contributed by atoms with Crippen LogP contribution in [0.15, 0.2) is 0 Å². The molecule has 2 fully saturated rings. The van der Waals surface area contributed by atoms with Crippen LogP contribution in [0.1, 0.15) is 65.7 Å². The van der Waals surface area contributed by atoms with E-state index < -0.39 is 0 Å². The molecule has 2 rings (SSSR count). The van der Waals surface area contributed by atoms with Crippen LogP contribution < -0.4 is 5.32 Å². The van der Waals surface area contributed by atoms with Crippen molar-refractivity contribution in [1.29, 1.82) is 0 Å². The Morgan fingerprint density at radius 3 is 2.40 bits per heavy atom. The largest absolute Gasteiger partial charge is 0.376 e. The molecule has 118 valence electrons. The maximum absolute atomic E-state index is 6.25. The van der Waals surface area contributed by atoms with Gasteiger partial charge < -0.3 is 14.8 Å². The molecule has 0 aromatic rings. The topological polar surface area (TPSA) is 30.5 Å². The molecular weight excluding hydrogens is 250 g/mol. The van der Waals surface area contributed by atoms with Crippen LogP contribution in [0, 0.1) is 5.92 Å². The zero-order valence-corrected chi connectivity index (χ0v) is 13.6. The molecule has 0 radical (unpaired) electrons. The van der Waals surface area contributed by atoms with Crippen LogP contribution >= 0.6 is 0 Å². The van der Waals surface area contributed by atoms with Crippen molar-refractivity contribution >= 4 is 0 Å². The molecule has 1 saturated heterocycles. The zero-order chi connectivity index (χ0) is 14.4. The highest BCUT2D eigenvalue weighted by Gasteiger charge is 2.28. The third-order valence-electron chi connectivity index (χ3n) is 4.79. The summed E-state index contributed by atoms with van der Waals surface area (Å²) < 4.78 is 12.0. The lowest BCUT2D eigenvalue weighted by Crippen LogP contribution is -2.42. The number of ether oxygens (including phenoxy) is 2. The highest BCUT2D eigenvalue weighted by molar-refractivity contribution is 4.82. The molecule has 0 amide bonds. The molecular formula is C17H33NO2. The normalized spacial score (nSPS) is 33.5. The summed E-state index contributed by atoms with van der Waals surface area (Å²) in [5, 5.41) is 3.72. The van der Waals surface area contributed by atoms with E-state index >= 15 is 0 Å². The van der Waals surface area contributed by atoms with E-state index in [9.17, 15) is 0 Å². The molecule has 1 aliphatic carbocycles. The van der Waals surface area contributed by atoms with E-state index in [-0.39, 0.29) is 0 Å². The van der Waals surface area contributed by atoms with E-state index in [1.54, 1.807) is 0 Å². The van der Waals surface area contributed by atoms with E-state index in [1.807, 2.05) is 0 Å². The van der Waals surface area contributed by atoms with Crippen molar-refractivity contribution in [2.75, 3.05) is 13.2 Å². The van der Waals surface area contributed by atoms with Gasteiger partial charge in [-0.25, -0.2) is 0 Å². The van der Waals surface area contributed by atoms with Gasteiger partial charge in [0.05, 0.1) is 24.9 Å². The second-order valence-corrected chi connectivity index (χ2v) is 6.79. The molecule has 0 aromatic heterocycles. The number of rotatable bonds is 7. The van der Waals surface area contributed by atoms with Gasteiger partial charge in [-0.2, -0.15) is 0 Å². The molecule has 3 heteroatoms. The third-order valence-corrected chi connectivity index (χ3v) is 4.79. The van der Waals surface area contributed by atoms with Gasteiger partial charge in [0.25, 0.3) is 0 Å². The van der Waals surface area contributed by atoms with Gasteiger partial charge >= 0.3 is 0 Å². The molecule has 1 aliphatic heterocycles. The van der Waals surface area contributed by atoms with E-state index in [4.69, 9.17) is 9.47 Å². The Kier molecular flexibility index (Phi) is 6.79. The Morgan fingerprint density at radius 1 is 1.15 bits per heavy atom. The summed E-state index contributed by atoms with van der Waals surface area (Å²) in [6.45, 7) is 8.56. The maximum atomic E-state index is 6.25. The molecule has 1 N–H and O–H groups in total. The molecule has 20 heavy (non-hydrogen) atoms. The van der Waals surface area contributed by atoms with Gasteiger partial charge in [0, 0.05) is 6.04 Å². The summed E-state index contributed by atoms with van der Waals surface area (Å²) in [4.78, 5) is 0. The fraction of sp³-hybridized carbons (Fsp3) is 1.00. The Balaban J connectivity index is 1.77. The van der Waals surface area contributed by atoms with Crippen LogP contribution in [0.4, 0.5) is 0 Å². The van der Waals surface area contributed by atoms with Gasteiger partial charge in [0.1, 0.15) is 0 Å². The van der Waals surface area contributed by atoms with Gasteiger partial charge in [-0.15, -0.1) is 0 Å². The Bertz CT molecular complexity index is 256.